The van der Waals surface area contributed by atoms with E-state index in [9.17, 15) is 0 Å². The van der Waals surface area contributed by atoms with Gasteiger partial charge in [0.2, 0.25) is 0 Å². The molecule has 0 fully saturated rings. The number of hydrogen-bond acceptors (Lipinski definition) is 3. The van der Waals surface area contributed by atoms with Gasteiger partial charge in [0.1, 0.15) is 0 Å². The maximum atomic E-state index is 4.50. The standard InChI is InChI=1S/C16H24N2S/c1-12(2)6-4-5-8-17-13(3)14-10-16-15(18-11-14)7-9-19-16/h7,9-13,17H,4-6,8H2,1-3H3. The lowest BCUT2D eigenvalue weighted by molar-refractivity contribution is 0.498. The van der Waals surface area contributed by atoms with E-state index in [4.69, 9.17) is 0 Å². The summed E-state index contributed by atoms with van der Waals surface area (Å²) in [6.45, 7) is 7.89. The van der Waals surface area contributed by atoms with Crippen molar-refractivity contribution < 1.29 is 0 Å². The van der Waals surface area contributed by atoms with Crippen molar-refractivity contribution in [3.63, 3.8) is 0 Å². The minimum atomic E-state index is 0.387. The van der Waals surface area contributed by atoms with Crippen LogP contribution >= 0.6 is 11.3 Å². The molecule has 0 saturated carbocycles. The SMILES string of the molecule is CC(C)CCCCNC(C)c1cnc2ccsc2c1. The van der Waals surface area contributed by atoms with Crippen LogP contribution in [0.25, 0.3) is 10.2 Å². The average Bonchev–Trinajstić information content (AvgIpc) is 2.84. The third-order valence-electron chi connectivity index (χ3n) is 3.48. The van der Waals surface area contributed by atoms with Gasteiger partial charge in [-0.3, -0.25) is 4.98 Å². The van der Waals surface area contributed by atoms with Crippen molar-refractivity contribution >= 4 is 21.6 Å². The number of aromatic nitrogens is 1. The van der Waals surface area contributed by atoms with Crippen molar-refractivity contribution in [3.05, 3.63) is 29.3 Å². The molecule has 2 nitrogen and oxygen atoms in total. The normalized spacial score (nSPS) is 13.3. The number of rotatable bonds is 7. The maximum absolute atomic E-state index is 4.50. The number of fused-ring (bicyclic) bond motifs is 1. The second kappa shape index (κ2) is 7.01. The zero-order valence-corrected chi connectivity index (χ0v) is 13.0. The molecule has 0 amide bonds. The lowest BCUT2D eigenvalue weighted by atomic mass is 10.1. The lowest BCUT2D eigenvalue weighted by Gasteiger charge is -2.14. The molecule has 0 bridgehead atoms. The first-order chi connectivity index (χ1) is 9.16. The van der Waals surface area contributed by atoms with E-state index in [1.165, 1.54) is 29.5 Å². The summed E-state index contributed by atoms with van der Waals surface area (Å²) in [7, 11) is 0. The van der Waals surface area contributed by atoms with Crippen LogP contribution in [0.4, 0.5) is 0 Å². The molecule has 0 aliphatic carbocycles. The third-order valence-corrected chi connectivity index (χ3v) is 4.34. The monoisotopic (exact) mass is 276 g/mol. The second-order valence-corrected chi connectivity index (χ2v) is 6.59. The maximum Gasteiger partial charge on any atom is 0.0809 e. The summed E-state index contributed by atoms with van der Waals surface area (Å²) in [6.07, 6.45) is 5.91. The Morgan fingerprint density at radius 3 is 2.89 bits per heavy atom. The van der Waals surface area contributed by atoms with Gasteiger partial charge in [0.15, 0.2) is 0 Å². The number of nitrogens with one attached hydrogen (secondary N) is 1. The molecule has 0 aromatic carbocycles. The molecule has 19 heavy (non-hydrogen) atoms. The first kappa shape index (κ1) is 14.5. The average molecular weight is 276 g/mol. The molecule has 2 aromatic rings. The molecule has 2 heterocycles. The molecule has 1 unspecified atom stereocenters. The van der Waals surface area contributed by atoms with Gasteiger partial charge < -0.3 is 5.32 Å². The van der Waals surface area contributed by atoms with E-state index in [1.54, 1.807) is 11.3 Å². The molecular formula is C16H24N2S. The van der Waals surface area contributed by atoms with Crippen LogP contribution in [0, 0.1) is 5.92 Å². The molecule has 3 heteroatoms. The number of thiophene rings is 1. The topological polar surface area (TPSA) is 24.9 Å². The molecule has 1 atom stereocenters. The first-order valence-electron chi connectivity index (χ1n) is 7.23. The molecule has 2 aromatic heterocycles. The van der Waals surface area contributed by atoms with E-state index in [2.05, 4.69) is 48.6 Å². The van der Waals surface area contributed by atoms with Gasteiger partial charge in [-0.2, -0.15) is 0 Å². The fourth-order valence-corrected chi connectivity index (χ4v) is 3.00. The summed E-state index contributed by atoms with van der Waals surface area (Å²) >= 11 is 1.76. The van der Waals surface area contributed by atoms with E-state index < -0.39 is 0 Å². The summed E-state index contributed by atoms with van der Waals surface area (Å²) in [4.78, 5) is 4.50. The summed E-state index contributed by atoms with van der Waals surface area (Å²) < 4.78 is 1.28. The van der Waals surface area contributed by atoms with E-state index in [1.807, 2.05) is 6.20 Å². The van der Waals surface area contributed by atoms with Gasteiger partial charge in [0.05, 0.1) is 10.2 Å². The van der Waals surface area contributed by atoms with Crippen LogP contribution in [0.15, 0.2) is 23.7 Å². The summed E-state index contributed by atoms with van der Waals surface area (Å²) in [5, 5.41) is 5.70. The molecule has 0 radical (unpaired) electrons. The highest BCUT2D eigenvalue weighted by Crippen LogP contribution is 2.22. The van der Waals surface area contributed by atoms with E-state index in [0.717, 1.165) is 18.0 Å². The van der Waals surface area contributed by atoms with Crippen LogP contribution in [0.5, 0.6) is 0 Å². The predicted octanol–water partition coefficient (Wildman–Crippen LogP) is 4.77. The van der Waals surface area contributed by atoms with Gasteiger partial charge in [-0.05, 0) is 48.9 Å². The third kappa shape index (κ3) is 4.29. The molecule has 0 aliphatic heterocycles. The molecule has 2 rings (SSSR count). The van der Waals surface area contributed by atoms with Crippen LogP contribution in [0.3, 0.4) is 0 Å². The zero-order valence-electron chi connectivity index (χ0n) is 12.1. The van der Waals surface area contributed by atoms with E-state index in [-0.39, 0.29) is 0 Å². The number of hydrogen-bond donors (Lipinski definition) is 1. The van der Waals surface area contributed by atoms with Gasteiger partial charge >= 0.3 is 0 Å². The molecule has 0 aliphatic rings. The van der Waals surface area contributed by atoms with Crippen molar-refractivity contribution in [2.24, 2.45) is 5.92 Å². The van der Waals surface area contributed by atoms with Gasteiger partial charge in [-0.1, -0.05) is 26.7 Å². The molecule has 1 N–H and O–H groups in total. The Kier molecular flexibility index (Phi) is 5.34. The Bertz CT molecular complexity index is 504. The lowest BCUT2D eigenvalue weighted by Crippen LogP contribution is -2.20. The molecule has 0 spiro atoms. The van der Waals surface area contributed by atoms with Crippen molar-refractivity contribution in [2.45, 2.75) is 46.1 Å². The van der Waals surface area contributed by atoms with Gasteiger partial charge in [0, 0.05) is 12.2 Å². The number of pyridine rings is 1. The smallest absolute Gasteiger partial charge is 0.0809 e. The van der Waals surface area contributed by atoms with E-state index in [0.29, 0.717) is 6.04 Å². The largest absolute Gasteiger partial charge is 0.310 e. The van der Waals surface area contributed by atoms with Gasteiger partial charge in [-0.15, -0.1) is 11.3 Å². The molecular weight excluding hydrogens is 252 g/mol. The Morgan fingerprint density at radius 1 is 1.26 bits per heavy atom. The fourth-order valence-electron chi connectivity index (χ4n) is 2.21. The Labute approximate surface area is 120 Å². The number of nitrogens with zero attached hydrogens (tertiary/aromatic N) is 1. The van der Waals surface area contributed by atoms with Gasteiger partial charge in [0.25, 0.3) is 0 Å². The van der Waals surface area contributed by atoms with Crippen molar-refractivity contribution in [1.82, 2.24) is 10.3 Å². The van der Waals surface area contributed by atoms with Crippen LogP contribution in [0.1, 0.15) is 51.6 Å². The Balaban J connectivity index is 1.80. The Hall–Kier alpha value is -0.930. The van der Waals surface area contributed by atoms with Crippen molar-refractivity contribution in [1.29, 1.82) is 0 Å². The van der Waals surface area contributed by atoms with E-state index >= 15 is 0 Å². The summed E-state index contributed by atoms with van der Waals surface area (Å²) in [6, 6.07) is 4.73. The van der Waals surface area contributed by atoms with Gasteiger partial charge in [-0.25, -0.2) is 0 Å². The van der Waals surface area contributed by atoms with Crippen LogP contribution in [-0.2, 0) is 0 Å². The van der Waals surface area contributed by atoms with Crippen LogP contribution < -0.4 is 5.32 Å². The minimum absolute atomic E-state index is 0.387. The first-order valence-corrected chi connectivity index (χ1v) is 8.11. The highest BCUT2D eigenvalue weighted by molar-refractivity contribution is 7.17. The summed E-state index contributed by atoms with van der Waals surface area (Å²) in [5.41, 5.74) is 2.40. The predicted molar refractivity (Wildman–Crippen MR) is 84.7 cm³/mol. The van der Waals surface area contributed by atoms with Crippen LogP contribution in [0.2, 0.25) is 0 Å². The molecule has 104 valence electrons. The zero-order chi connectivity index (χ0) is 13.7. The highest BCUT2D eigenvalue weighted by Gasteiger charge is 2.06. The van der Waals surface area contributed by atoms with Crippen molar-refractivity contribution in [2.75, 3.05) is 6.54 Å². The number of unbranched alkanes of at least 4 members (excludes halogenated alkanes) is 1. The Morgan fingerprint density at radius 2 is 2.11 bits per heavy atom. The van der Waals surface area contributed by atoms with Crippen LogP contribution in [-0.4, -0.2) is 11.5 Å². The molecule has 0 saturated heterocycles. The second-order valence-electron chi connectivity index (χ2n) is 5.64. The minimum Gasteiger partial charge on any atom is -0.310 e. The highest BCUT2D eigenvalue weighted by atomic mass is 32.1. The van der Waals surface area contributed by atoms with Crippen molar-refractivity contribution in [3.8, 4) is 0 Å². The quantitative estimate of drug-likeness (QED) is 0.737. The summed E-state index contributed by atoms with van der Waals surface area (Å²) in [5.74, 6) is 0.822. The fraction of sp³-hybridized carbons (Fsp3) is 0.562.